The van der Waals surface area contributed by atoms with Crippen LogP contribution in [-0.2, 0) is 29.9 Å². The van der Waals surface area contributed by atoms with E-state index in [1.165, 1.54) is 31.2 Å². The Kier molecular flexibility index (Phi) is 7.74. The molecule has 4 nitrogen and oxygen atoms in total. The van der Waals surface area contributed by atoms with Crippen molar-refractivity contribution in [2.24, 2.45) is 0 Å². The maximum atomic E-state index is 12.9. The molecule has 2 aliphatic rings. The molecule has 4 rings (SSSR count). The minimum Gasteiger partial charge on any atom is -0.378 e. The number of benzene rings is 1. The Hall–Kier alpha value is -1.93. The first kappa shape index (κ1) is 24.2. The number of anilines is 1. The average Bonchev–Trinajstić information content (AvgIpc) is 3.22. The molecule has 2 heterocycles. The van der Waals surface area contributed by atoms with E-state index in [9.17, 15) is 18.0 Å². The lowest BCUT2D eigenvalue weighted by Gasteiger charge is -2.21. The molecule has 0 unspecified atom stereocenters. The molecule has 1 aliphatic carbocycles. The summed E-state index contributed by atoms with van der Waals surface area (Å²) in [7, 11) is 0. The predicted molar refractivity (Wildman–Crippen MR) is 127 cm³/mol. The zero-order valence-electron chi connectivity index (χ0n) is 18.3. The summed E-state index contributed by atoms with van der Waals surface area (Å²) in [5, 5.41) is 4.61. The lowest BCUT2D eigenvalue weighted by molar-refractivity contribution is -0.185. The van der Waals surface area contributed by atoms with Gasteiger partial charge in [0.25, 0.3) is 0 Å². The second kappa shape index (κ2) is 10.6. The van der Waals surface area contributed by atoms with E-state index in [-0.39, 0.29) is 13.1 Å². The third-order valence-electron chi connectivity index (χ3n) is 6.29. The van der Waals surface area contributed by atoms with Gasteiger partial charge >= 0.3 is 12.1 Å². The van der Waals surface area contributed by atoms with E-state index >= 15 is 0 Å². The normalized spacial score (nSPS) is 17.0. The Bertz CT molecular complexity index is 978. The van der Waals surface area contributed by atoms with Gasteiger partial charge in [-0.25, -0.2) is 0 Å². The van der Waals surface area contributed by atoms with Crippen LogP contribution >= 0.6 is 23.4 Å². The highest BCUT2D eigenvalue weighted by atomic mass is 35.5. The van der Waals surface area contributed by atoms with Crippen molar-refractivity contribution in [1.29, 1.82) is 0 Å². The van der Waals surface area contributed by atoms with Gasteiger partial charge in [-0.05, 0) is 54.5 Å². The van der Waals surface area contributed by atoms with Crippen LogP contribution < -0.4 is 5.32 Å². The average molecular weight is 498 g/mol. The number of aromatic nitrogens is 1. The van der Waals surface area contributed by atoms with Crippen LogP contribution in [0.1, 0.15) is 48.1 Å². The Labute approximate surface area is 201 Å². The first-order valence-electron chi connectivity index (χ1n) is 11.3. The van der Waals surface area contributed by atoms with Gasteiger partial charge in [0.05, 0.1) is 22.9 Å². The standard InChI is InChI=1S/C24H27ClF3N3OS/c25-21-8-6-17-9-11-31(23(32)24(26,27)28)12-10-20(17)22(21)30-14-18-7-5-16(13-29-18)15-33-19-3-1-2-4-19/h5-8,13,19,30H,1-4,9-12,14-15H2. The molecule has 0 saturated heterocycles. The Morgan fingerprint density at radius 2 is 1.91 bits per heavy atom. The van der Waals surface area contributed by atoms with Gasteiger partial charge in [0.2, 0.25) is 0 Å². The number of carbonyl (C=O) groups is 1. The minimum atomic E-state index is -4.86. The Morgan fingerprint density at radius 1 is 1.15 bits per heavy atom. The third kappa shape index (κ3) is 6.15. The number of amides is 1. The molecule has 0 bridgehead atoms. The molecular formula is C24H27ClF3N3OS. The van der Waals surface area contributed by atoms with Crippen LogP contribution in [0, 0.1) is 0 Å². The van der Waals surface area contributed by atoms with Crippen LogP contribution in [0.4, 0.5) is 18.9 Å². The van der Waals surface area contributed by atoms with Crippen molar-refractivity contribution in [3.05, 3.63) is 57.9 Å². The van der Waals surface area contributed by atoms with Gasteiger partial charge in [-0.15, -0.1) is 0 Å². The van der Waals surface area contributed by atoms with E-state index < -0.39 is 12.1 Å². The number of alkyl halides is 3. The minimum absolute atomic E-state index is 0.00593. The van der Waals surface area contributed by atoms with Gasteiger partial charge < -0.3 is 10.2 Å². The molecule has 1 aromatic carbocycles. The highest BCUT2D eigenvalue weighted by molar-refractivity contribution is 7.99. The summed E-state index contributed by atoms with van der Waals surface area (Å²) in [6.45, 7) is 0.498. The van der Waals surface area contributed by atoms with Crippen molar-refractivity contribution >= 4 is 35.0 Å². The zero-order valence-corrected chi connectivity index (χ0v) is 19.8. The first-order valence-corrected chi connectivity index (χ1v) is 12.7. The van der Waals surface area contributed by atoms with Gasteiger partial charge in [-0.3, -0.25) is 9.78 Å². The smallest absolute Gasteiger partial charge is 0.378 e. The maximum absolute atomic E-state index is 12.9. The summed E-state index contributed by atoms with van der Waals surface area (Å²) < 4.78 is 38.6. The Morgan fingerprint density at radius 3 is 2.61 bits per heavy atom. The number of rotatable bonds is 6. The molecule has 1 aliphatic heterocycles. The van der Waals surface area contributed by atoms with Gasteiger partial charge in [0.1, 0.15) is 0 Å². The molecule has 9 heteroatoms. The van der Waals surface area contributed by atoms with E-state index in [2.05, 4.69) is 16.4 Å². The second-order valence-electron chi connectivity index (χ2n) is 8.58. The van der Waals surface area contributed by atoms with E-state index in [0.717, 1.165) is 32.7 Å². The van der Waals surface area contributed by atoms with Crippen LogP contribution in [0.5, 0.6) is 0 Å². The van der Waals surface area contributed by atoms with Crippen molar-refractivity contribution in [1.82, 2.24) is 9.88 Å². The van der Waals surface area contributed by atoms with Crippen molar-refractivity contribution in [3.8, 4) is 0 Å². The number of halogens is 4. The van der Waals surface area contributed by atoms with E-state index in [0.29, 0.717) is 30.1 Å². The fourth-order valence-corrected chi connectivity index (χ4v) is 5.97. The fraction of sp³-hybridized carbons (Fsp3) is 0.500. The van der Waals surface area contributed by atoms with Crippen LogP contribution in [0.15, 0.2) is 30.5 Å². The lowest BCUT2D eigenvalue weighted by atomic mass is 10.0. The molecule has 0 atom stereocenters. The van der Waals surface area contributed by atoms with Crippen LogP contribution in [0.25, 0.3) is 0 Å². The molecule has 178 valence electrons. The van der Waals surface area contributed by atoms with Crippen molar-refractivity contribution in [3.63, 3.8) is 0 Å². The number of nitrogens with zero attached hydrogens (tertiary/aromatic N) is 2. The molecule has 2 aromatic rings. The highest BCUT2D eigenvalue weighted by Gasteiger charge is 2.42. The largest absolute Gasteiger partial charge is 0.471 e. The summed E-state index contributed by atoms with van der Waals surface area (Å²) >= 11 is 8.44. The monoisotopic (exact) mass is 497 g/mol. The SMILES string of the molecule is O=C(N1CCc2ccc(Cl)c(NCc3ccc(CSC4CCCC4)cn3)c2CC1)C(F)(F)F. The number of nitrogens with one attached hydrogen (secondary N) is 1. The fourth-order valence-electron chi connectivity index (χ4n) is 4.46. The first-order chi connectivity index (χ1) is 15.8. The molecular weight excluding hydrogens is 471 g/mol. The van der Waals surface area contributed by atoms with Crippen molar-refractivity contribution in [2.75, 3.05) is 18.4 Å². The predicted octanol–water partition coefficient (Wildman–Crippen LogP) is 6.01. The van der Waals surface area contributed by atoms with Gasteiger partial charge in [-0.2, -0.15) is 24.9 Å². The Balaban J connectivity index is 1.39. The molecule has 1 aromatic heterocycles. The molecule has 0 radical (unpaired) electrons. The number of hydrogen-bond acceptors (Lipinski definition) is 4. The van der Waals surface area contributed by atoms with Crippen LogP contribution in [0.2, 0.25) is 5.02 Å². The van der Waals surface area contributed by atoms with E-state index in [1.54, 1.807) is 6.07 Å². The molecule has 1 fully saturated rings. The molecule has 33 heavy (non-hydrogen) atoms. The number of carbonyl (C=O) groups excluding carboxylic acids is 1. The van der Waals surface area contributed by atoms with Crippen LogP contribution in [0.3, 0.4) is 0 Å². The summed E-state index contributed by atoms with van der Waals surface area (Å²) in [6, 6.07) is 7.68. The number of thioether (sulfide) groups is 1. The van der Waals surface area contributed by atoms with E-state index in [4.69, 9.17) is 11.6 Å². The number of hydrogen-bond donors (Lipinski definition) is 1. The molecule has 1 saturated carbocycles. The van der Waals surface area contributed by atoms with Gasteiger partial charge in [-0.1, -0.05) is 36.6 Å². The number of fused-ring (bicyclic) bond motifs is 1. The molecule has 1 amide bonds. The summed E-state index contributed by atoms with van der Waals surface area (Å²) in [5.41, 5.74) is 4.55. The van der Waals surface area contributed by atoms with Gasteiger partial charge in [0.15, 0.2) is 0 Å². The second-order valence-corrected chi connectivity index (χ2v) is 10.3. The van der Waals surface area contributed by atoms with Crippen LogP contribution in [-0.4, -0.2) is 40.3 Å². The maximum Gasteiger partial charge on any atom is 0.471 e. The van der Waals surface area contributed by atoms with Gasteiger partial charge in [0, 0.05) is 30.3 Å². The summed E-state index contributed by atoms with van der Waals surface area (Å²) in [5.74, 6) is -0.817. The third-order valence-corrected chi connectivity index (χ3v) is 8.05. The van der Waals surface area contributed by atoms with Crippen molar-refractivity contribution in [2.45, 2.75) is 62.2 Å². The summed E-state index contributed by atoms with van der Waals surface area (Å²) in [4.78, 5) is 17.1. The quantitative estimate of drug-likeness (QED) is 0.530. The lowest BCUT2D eigenvalue weighted by Crippen LogP contribution is -2.42. The number of pyridine rings is 1. The highest BCUT2D eigenvalue weighted by Crippen LogP contribution is 2.33. The van der Waals surface area contributed by atoms with E-state index in [1.807, 2.05) is 30.1 Å². The van der Waals surface area contributed by atoms with Crippen molar-refractivity contribution < 1.29 is 18.0 Å². The zero-order chi connectivity index (χ0) is 23.4. The molecule has 0 spiro atoms. The summed E-state index contributed by atoms with van der Waals surface area (Å²) in [6.07, 6.45) is 3.01. The molecule has 1 N–H and O–H groups in total. The topological polar surface area (TPSA) is 45.2 Å².